The number of ether oxygens (including phenoxy) is 5. The van der Waals surface area contributed by atoms with Gasteiger partial charge in [-0.25, -0.2) is 0 Å². The Morgan fingerprint density at radius 3 is 2.39 bits per heavy atom. The Balaban J connectivity index is 1.86. The van der Waals surface area contributed by atoms with Gasteiger partial charge in [-0.3, -0.25) is 4.79 Å². The van der Waals surface area contributed by atoms with E-state index in [0.29, 0.717) is 55.1 Å². The van der Waals surface area contributed by atoms with Gasteiger partial charge in [0.25, 0.3) is 0 Å². The molecule has 1 N–H and O–H groups in total. The Morgan fingerprint density at radius 1 is 1.00 bits per heavy atom. The van der Waals surface area contributed by atoms with Crippen molar-refractivity contribution >= 4 is 23.4 Å². The second-order valence-electron chi connectivity index (χ2n) is 7.21. The minimum atomic E-state index is -0.303. The molecule has 3 rings (SSSR count). The quantitative estimate of drug-likeness (QED) is 0.542. The number of nitrogens with one attached hydrogen (secondary N) is 1. The molecule has 8 heteroatoms. The van der Waals surface area contributed by atoms with E-state index in [-0.39, 0.29) is 5.91 Å². The highest BCUT2D eigenvalue weighted by Gasteiger charge is 2.20. The largest absolute Gasteiger partial charge is 0.497 e. The first-order valence-corrected chi connectivity index (χ1v) is 11.1. The van der Waals surface area contributed by atoms with E-state index in [0.717, 1.165) is 24.3 Å². The number of anilines is 2. The van der Waals surface area contributed by atoms with Gasteiger partial charge in [0.05, 0.1) is 52.0 Å². The van der Waals surface area contributed by atoms with Crippen LogP contribution in [0.1, 0.15) is 19.4 Å². The summed E-state index contributed by atoms with van der Waals surface area (Å²) in [5.74, 6) is 2.29. The molecular formula is C25H32N2O6. The molecule has 1 saturated heterocycles. The van der Waals surface area contributed by atoms with Crippen LogP contribution < -0.4 is 29.2 Å². The molecule has 0 unspecified atom stereocenters. The molecule has 0 bridgehead atoms. The summed E-state index contributed by atoms with van der Waals surface area (Å²) in [7, 11) is 3.17. The highest BCUT2D eigenvalue weighted by Crippen LogP contribution is 2.39. The summed E-state index contributed by atoms with van der Waals surface area (Å²) in [6.45, 7) is 7.67. The van der Waals surface area contributed by atoms with Crippen LogP contribution in [-0.4, -0.2) is 59.6 Å². The van der Waals surface area contributed by atoms with Gasteiger partial charge >= 0.3 is 0 Å². The molecule has 0 radical (unpaired) electrons. The van der Waals surface area contributed by atoms with Crippen molar-refractivity contribution in [3.05, 3.63) is 42.0 Å². The van der Waals surface area contributed by atoms with Crippen LogP contribution in [0.25, 0.3) is 6.08 Å². The van der Waals surface area contributed by atoms with Crippen LogP contribution in [-0.2, 0) is 9.53 Å². The van der Waals surface area contributed by atoms with E-state index < -0.39 is 0 Å². The third-order valence-corrected chi connectivity index (χ3v) is 5.12. The van der Waals surface area contributed by atoms with Crippen LogP contribution in [0.2, 0.25) is 0 Å². The topological polar surface area (TPSA) is 78.5 Å². The number of carbonyl (C=O) groups is 1. The number of carbonyl (C=O) groups excluding carboxylic acids is 1. The molecule has 1 amide bonds. The molecule has 0 aromatic heterocycles. The summed E-state index contributed by atoms with van der Waals surface area (Å²) < 4.78 is 27.8. The van der Waals surface area contributed by atoms with Gasteiger partial charge in [-0.05, 0) is 38.1 Å². The van der Waals surface area contributed by atoms with Gasteiger partial charge in [-0.15, -0.1) is 0 Å². The van der Waals surface area contributed by atoms with Crippen LogP contribution in [0, 0.1) is 0 Å². The van der Waals surface area contributed by atoms with Crippen molar-refractivity contribution in [2.75, 3.05) is 64.0 Å². The summed E-state index contributed by atoms with van der Waals surface area (Å²) in [6.07, 6.45) is 3.13. The first-order chi connectivity index (χ1) is 16.1. The average Bonchev–Trinajstić information content (AvgIpc) is 2.84. The number of morpholine rings is 1. The summed E-state index contributed by atoms with van der Waals surface area (Å²) in [6, 6.07) is 9.14. The number of rotatable bonds is 10. The van der Waals surface area contributed by atoms with Gasteiger partial charge < -0.3 is 33.9 Å². The summed E-state index contributed by atoms with van der Waals surface area (Å²) in [4.78, 5) is 15.0. The van der Waals surface area contributed by atoms with Gasteiger partial charge in [-0.2, -0.15) is 0 Å². The second kappa shape index (κ2) is 12.0. The zero-order chi connectivity index (χ0) is 23.6. The maximum atomic E-state index is 12.8. The van der Waals surface area contributed by atoms with E-state index in [1.165, 1.54) is 6.08 Å². The fraction of sp³-hybridized carbons (Fsp3) is 0.400. The van der Waals surface area contributed by atoms with Crippen LogP contribution in [0.3, 0.4) is 0 Å². The minimum Gasteiger partial charge on any atom is -0.497 e. The van der Waals surface area contributed by atoms with Crippen molar-refractivity contribution in [3.8, 4) is 23.0 Å². The fourth-order valence-corrected chi connectivity index (χ4v) is 3.55. The maximum absolute atomic E-state index is 12.8. The van der Waals surface area contributed by atoms with Crippen molar-refractivity contribution in [1.82, 2.24) is 0 Å². The molecule has 1 fully saturated rings. The van der Waals surface area contributed by atoms with E-state index in [1.54, 1.807) is 38.5 Å². The number of hydrogen-bond donors (Lipinski definition) is 1. The van der Waals surface area contributed by atoms with E-state index in [2.05, 4.69) is 10.2 Å². The maximum Gasteiger partial charge on any atom is 0.248 e. The molecule has 1 heterocycles. The van der Waals surface area contributed by atoms with Crippen molar-refractivity contribution < 1.29 is 28.5 Å². The normalized spacial score (nSPS) is 13.6. The Labute approximate surface area is 195 Å². The first kappa shape index (κ1) is 24.3. The zero-order valence-corrected chi connectivity index (χ0v) is 19.7. The van der Waals surface area contributed by atoms with Gasteiger partial charge in [-0.1, -0.05) is 0 Å². The molecule has 8 nitrogen and oxygen atoms in total. The third-order valence-electron chi connectivity index (χ3n) is 5.12. The molecule has 0 aliphatic carbocycles. The van der Waals surface area contributed by atoms with Gasteiger partial charge in [0.15, 0.2) is 0 Å². The summed E-state index contributed by atoms with van der Waals surface area (Å²) in [5.41, 5.74) is 2.21. The molecule has 2 aromatic carbocycles. The predicted molar refractivity (Wildman–Crippen MR) is 129 cm³/mol. The Kier molecular flexibility index (Phi) is 8.83. The van der Waals surface area contributed by atoms with Crippen LogP contribution in [0.5, 0.6) is 23.0 Å². The molecule has 0 spiro atoms. The molecule has 33 heavy (non-hydrogen) atoms. The van der Waals surface area contributed by atoms with E-state index in [4.69, 9.17) is 23.7 Å². The molecule has 0 atom stereocenters. The smallest absolute Gasteiger partial charge is 0.248 e. The van der Waals surface area contributed by atoms with Crippen LogP contribution >= 0.6 is 0 Å². The van der Waals surface area contributed by atoms with Gasteiger partial charge in [0.1, 0.15) is 23.0 Å². The predicted octanol–water partition coefficient (Wildman–Crippen LogP) is 3.99. The number of methoxy groups -OCH3 is 2. The highest BCUT2D eigenvalue weighted by atomic mass is 16.5. The zero-order valence-electron chi connectivity index (χ0n) is 19.7. The van der Waals surface area contributed by atoms with Crippen molar-refractivity contribution in [1.29, 1.82) is 0 Å². The highest BCUT2D eigenvalue weighted by molar-refractivity contribution is 6.03. The lowest BCUT2D eigenvalue weighted by molar-refractivity contribution is -0.111. The van der Waals surface area contributed by atoms with Crippen molar-refractivity contribution in [2.24, 2.45) is 0 Å². The second-order valence-corrected chi connectivity index (χ2v) is 7.21. The number of nitrogens with zero attached hydrogens (tertiary/aromatic N) is 1. The molecule has 2 aromatic rings. The Hall–Kier alpha value is -3.39. The Morgan fingerprint density at radius 2 is 1.73 bits per heavy atom. The number of amides is 1. The molecule has 178 valence electrons. The van der Waals surface area contributed by atoms with Gasteiger partial charge in [0, 0.05) is 36.9 Å². The minimum absolute atomic E-state index is 0.303. The van der Waals surface area contributed by atoms with Crippen LogP contribution in [0.15, 0.2) is 36.4 Å². The molecule has 0 saturated carbocycles. The first-order valence-electron chi connectivity index (χ1n) is 11.1. The lowest BCUT2D eigenvalue weighted by Crippen LogP contribution is -2.36. The third kappa shape index (κ3) is 6.32. The number of hydrogen-bond acceptors (Lipinski definition) is 7. The summed E-state index contributed by atoms with van der Waals surface area (Å²) >= 11 is 0. The molecular weight excluding hydrogens is 424 g/mol. The van der Waals surface area contributed by atoms with Gasteiger partial charge in [0.2, 0.25) is 5.91 Å². The standard InChI is InChI=1S/C25H32N2O6/c1-5-32-23-17-21(27-11-13-31-14-12-27)24(33-6-2)16-20(23)26-25(28)10-7-18-15-19(29-3)8-9-22(18)30-4/h7-10,15-17H,5-6,11-14H2,1-4H3,(H,26,28)/b10-7+. The lowest BCUT2D eigenvalue weighted by Gasteiger charge is -2.31. The lowest BCUT2D eigenvalue weighted by atomic mass is 10.1. The van der Waals surface area contributed by atoms with E-state index in [1.807, 2.05) is 26.0 Å². The average molecular weight is 457 g/mol. The SMILES string of the molecule is CCOc1cc(N2CCOCC2)c(OCC)cc1NC(=O)/C=C/c1cc(OC)ccc1OC. The molecule has 1 aliphatic heterocycles. The monoisotopic (exact) mass is 456 g/mol. The fourth-order valence-electron chi connectivity index (χ4n) is 3.55. The summed E-state index contributed by atoms with van der Waals surface area (Å²) in [5, 5.41) is 2.91. The van der Waals surface area contributed by atoms with Crippen LogP contribution in [0.4, 0.5) is 11.4 Å². The number of benzene rings is 2. The van der Waals surface area contributed by atoms with E-state index >= 15 is 0 Å². The van der Waals surface area contributed by atoms with Crippen molar-refractivity contribution in [2.45, 2.75) is 13.8 Å². The van der Waals surface area contributed by atoms with E-state index in [9.17, 15) is 4.79 Å². The van der Waals surface area contributed by atoms with Crippen molar-refractivity contribution in [3.63, 3.8) is 0 Å². The Bertz CT molecular complexity index is 970. The molecule has 1 aliphatic rings.